The Balaban J connectivity index is 2.15. The second-order valence-corrected chi connectivity index (χ2v) is 5.80. The number of aliphatic carboxylic acids is 1. The zero-order valence-corrected chi connectivity index (χ0v) is 14.3. The van der Waals surface area contributed by atoms with Crippen molar-refractivity contribution in [1.82, 2.24) is 4.90 Å². The Bertz CT molecular complexity index is 740. The predicted octanol–water partition coefficient (Wildman–Crippen LogP) is 2.94. The summed E-state index contributed by atoms with van der Waals surface area (Å²) in [5.74, 6) is 0.844. The molecule has 2 rings (SSSR count). The number of hydrogen-bond donors (Lipinski definition) is 1. The average molecular weight is 331 g/mol. The van der Waals surface area contributed by atoms with Crippen LogP contribution >= 0.6 is 0 Å². The summed E-state index contributed by atoms with van der Waals surface area (Å²) in [5.41, 5.74) is 1.97. The van der Waals surface area contributed by atoms with Crippen molar-refractivity contribution in [3.63, 3.8) is 0 Å². The molecule has 0 aliphatic rings. The molecule has 0 fully saturated rings. The molecule has 1 N–H and O–H groups in total. The van der Waals surface area contributed by atoms with Crippen molar-refractivity contribution in [1.29, 1.82) is 0 Å². The van der Waals surface area contributed by atoms with Crippen LogP contribution in [0, 0.1) is 20.8 Å². The molecule has 0 saturated heterocycles. The normalized spacial score (nSPS) is 10.5. The summed E-state index contributed by atoms with van der Waals surface area (Å²) in [6.07, 6.45) is 0. The number of amides is 1. The fourth-order valence-electron chi connectivity index (χ4n) is 2.53. The largest absolute Gasteiger partial charge is 0.481 e. The molecule has 1 aromatic heterocycles. The van der Waals surface area contributed by atoms with Crippen LogP contribution in [0.3, 0.4) is 0 Å². The highest BCUT2D eigenvalue weighted by molar-refractivity contribution is 5.94. The summed E-state index contributed by atoms with van der Waals surface area (Å²) in [6, 6.07) is 7.11. The maximum absolute atomic E-state index is 12.6. The maximum Gasteiger partial charge on any atom is 0.341 e. The monoisotopic (exact) mass is 331 g/mol. The quantitative estimate of drug-likeness (QED) is 0.880. The summed E-state index contributed by atoms with van der Waals surface area (Å²) < 4.78 is 10.8. The number of ether oxygens (including phenoxy) is 1. The molecular weight excluding hydrogens is 310 g/mol. The van der Waals surface area contributed by atoms with E-state index < -0.39 is 12.6 Å². The van der Waals surface area contributed by atoms with Crippen LogP contribution in [0.4, 0.5) is 0 Å². The Morgan fingerprint density at radius 1 is 1.17 bits per heavy atom. The molecular formula is C18H21NO5. The molecule has 1 amide bonds. The van der Waals surface area contributed by atoms with Gasteiger partial charge >= 0.3 is 5.97 Å². The average Bonchev–Trinajstić information content (AvgIpc) is 2.90. The molecule has 0 atom stereocenters. The summed E-state index contributed by atoms with van der Waals surface area (Å²) in [5, 5.41) is 8.72. The summed E-state index contributed by atoms with van der Waals surface area (Å²) >= 11 is 0. The van der Waals surface area contributed by atoms with Crippen molar-refractivity contribution in [2.45, 2.75) is 27.3 Å². The molecule has 0 unspecified atom stereocenters. The van der Waals surface area contributed by atoms with Gasteiger partial charge in [0, 0.05) is 12.6 Å². The van der Waals surface area contributed by atoms with Gasteiger partial charge in [-0.1, -0.05) is 0 Å². The molecule has 0 radical (unpaired) electrons. The van der Waals surface area contributed by atoms with Gasteiger partial charge in [-0.2, -0.15) is 0 Å². The van der Waals surface area contributed by atoms with Crippen molar-refractivity contribution in [2.75, 3.05) is 13.7 Å². The predicted molar refractivity (Wildman–Crippen MR) is 88.3 cm³/mol. The fourth-order valence-corrected chi connectivity index (χ4v) is 2.53. The first-order valence-corrected chi connectivity index (χ1v) is 7.54. The van der Waals surface area contributed by atoms with Crippen molar-refractivity contribution < 1.29 is 23.8 Å². The van der Waals surface area contributed by atoms with Crippen LogP contribution in [-0.4, -0.2) is 35.5 Å². The number of rotatable bonds is 6. The zero-order valence-electron chi connectivity index (χ0n) is 14.3. The highest BCUT2D eigenvalue weighted by Gasteiger charge is 2.17. The third-order valence-corrected chi connectivity index (χ3v) is 3.58. The number of carbonyl (C=O) groups excluding carboxylic acids is 1. The summed E-state index contributed by atoms with van der Waals surface area (Å²) in [7, 11) is 1.71. The SMILES string of the molecule is Cc1ccc(CN(C)C(=O)c2cc(C)c(OCC(=O)O)c(C)c2)o1. The highest BCUT2D eigenvalue weighted by Crippen LogP contribution is 2.25. The van der Waals surface area contributed by atoms with E-state index in [2.05, 4.69) is 0 Å². The molecule has 0 bridgehead atoms. The van der Waals surface area contributed by atoms with E-state index in [0.29, 0.717) is 17.9 Å². The van der Waals surface area contributed by atoms with Crippen LogP contribution in [-0.2, 0) is 11.3 Å². The molecule has 6 heteroatoms. The Kier molecular flexibility index (Phi) is 5.28. The third-order valence-electron chi connectivity index (χ3n) is 3.58. The van der Waals surface area contributed by atoms with Crippen LogP contribution in [0.1, 0.15) is 33.0 Å². The number of furan rings is 1. The van der Waals surface area contributed by atoms with E-state index in [4.69, 9.17) is 14.3 Å². The molecule has 0 spiro atoms. The fraction of sp³-hybridized carbons (Fsp3) is 0.333. The third kappa shape index (κ3) is 4.16. The topological polar surface area (TPSA) is 80.0 Å². The molecule has 128 valence electrons. The number of carboxylic acid groups (broad SMARTS) is 1. The molecule has 2 aromatic rings. The van der Waals surface area contributed by atoms with Crippen molar-refractivity contribution in [3.8, 4) is 5.75 Å². The number of hydrogen-bond acceptors (Lipinski definition) is 4. The minimum atomic E-state index is -1.04. The Labute approximate surface area is 140 Å². The van der Waals surface area contributed by atoms with Crippen LogP contribution < -0.4 is 4.74 Å². The molecule has 0 saturated carbocycles. The van der Waals surface area contributed by atoms with E-state index in [0.717, 1.165) is 22.6 Å². The minimum absolute atomic E-state index is 0.139. The van der Waals surface area contributed by atoms with E-state index in [-0.39, 0.29) is 5.91 Å². The van der Waals surface area contributed by atoms with Gasteiger partial charge in [0.25, 0.3) is 5.91 Å². The lowest BCUT2D eigenvalue weighted by atomic mass is 10.0. The first kappa shape index (κ1) is 17.6. The van der Waals surface area contributed by atoms with E-state index in [9.17, 15) is 9.59 Å². The van der Waals surface area contributed by atoms with Gasteiger partial charge in [0.15, 0.2) is 6.61 Å². The summed E-state index contributed by atoms with van der Waals surface area (Å²) in [4.78, 5) is 24.8. The van der Waals surface area contributed by atoms with Gasteiger partial charge in [-0.15, -0.1) is 0 Å². The van der Waals surface area contributed by atoms with E-state index >= 15 is 0 Å². The zero-order chi connectivity index (χ0) is 17.9. The van der Waals surface area contributed by atoms with E-state index in [1.54, 1.807) is 37.9 Å². The number of nitrogens with zero attached hydrogens (tertiary/aromatic N) is 1. The van der Waals surface area contributed by atoms with Gasteiger partial charge in [-0.25, -0.2) is 4.79 Å². The first-order chi connectivity index (χ1) is 11.3. The number of carboxylic acids is 1. The molecule has 6 nitrogen and oxygen atoms in total. The van der Waals surface area contributed by atoms with Crippen LogP contribution in [0.5, 0.6) is 5.75 Å². The van der Waals surface area contributed by atoms with Gasteiger partial charge in [-0.05, 0) is 56.2 Å². The maximum atomic E-state index is 12.6. The second-order valence-electron chi connectivity index (χ2n) is 5.80. The van der Waals surface area contributed by atoms with Crippen molar-refractivity contribution in [2.24, 2.45) is 0 Å². The van der Waals surface area contributed by atoms with E-state index in [1.165, 1.54) is 0 Å². The lowest BCUT2D eigenvalue weighted by Crippen LogP contribution is -2.26. The number of carbonyl (C=O) groups is 2. The van der Waals surface area contributed by atoms with Gasteiger partial charge in [0.2, 0.25) is 0 Å². The highest BCUT2D eigenvalue weighted by atomic mass is 16.5. The van der Waals surface area contributed by atoms with Gasteiger partial charge in [0.05, 0.1) is 6.54 Å². The molecule has 0 aliphatic carbocycles. The van der Waals surface area contributed by atoms with Crippen molar-refractivity contribution in [3.05, 3.63) is 52.5 Å². The van der Waals surface area contributed by atoms with Gasteiger partial charge < -0.3 is 19.2 Å². The first-order valence-electron chi connectivity index (χ1n) is 7.54. The standard InChI is InChI=1S/C18H21NO5/c1-11-7-14(8-12(2)17(11)23-10-16(20)21)18(22)19(4)9-15-6-5-13(3)24-15/h5-8H,9-10H2,1-4H3,(H,20,21). The Morgan fingerprint density at radius 2 is 1.79 bits per heavy atom. The Morgan fingerprint density at radius 3 is 2.29 bits per heavy atom. The lowest BCUT2D eigenvalue weighted by molar-refractivity contribution is -0.139. The molecule has 24 heavy (non-hydrogen) atoms. The van der Waals surface area contributed by atoms with Gasteiger partial charge in [-0.3, -0.25) is 4.79 Å². The molecule has 1 heterocycles. The smallest absolute Gasteiger partial charge is 0.341 e. The Hall–Kier alpha value is -2.76. The van der Waals surface area contributed by atoms with Crippen molar-refractivity contribution >= 4 is 11.9 Å². The van der Waals surface area contributed by atoms with Crippen LogP contribution in [0.15, 0.2) is 28.7 Å². The number of benzene rings is 1. The van der Waals surface area contributed by atoms with Crippen LogP contribution in [0.2, 0.25) is 0 Å². The lowest BCUT2D eigenvalue weighted by Gasteiger charge is -2.18. The van der Waals surface area contributed by atoms with E-state index in [1.807, 2.05) is 19.1 Å². The molecule has 0 aliphatic heterocycles. The van der Waals surface area contributed by atoms with Crippen LogP contribution in [0.25, 0.3) is 0 Å². The van der Waals surface area contributed by atoms with Gasteiger partial charge in [0.1, 0.15) is 17.3 Å². The second kappa shape index (κ2) is 7.21. The molecule has 1 aromatic carbocycles. The minimum Gasteiger partial charge on any atom is -0.481 e. The number of aryl methyl sites for hydroxylation is 3. The summed E-state index contributed by atoms with van der Waals surface area (Å²) in [6.45, 7) is 5.40.